The monoisotopic (exact) mass is 554 g/mol. The van der Waals surface area contributed by atoms with Gasteiger partial charge in [0, 0.05) is 31.8 Å². The molecule has 1 amide bonds. The number of ether oxygens (including phenoxy) is 1. The predicted molar refractivity (Wildman–Crippen MR) is 142 cm³/mol. The van der Waals surface area contributed by atoms with Crippen LogP contribution < -0.4 is 10.2 Å². The highest BCUT2D eigenvalue weighted by atomic mass is 19.4. The number of fused-ring (bicyclic) bond motifs is 1. The second-order valence-corrected chi connectivity index (χ2v) is 9.84. The van der Waals surface area contributed by atoms with Crippen LogP contribution in [0.5, 0.6) is 0 Å². The van der Waals surface area contributed by atoms with Crippen LogP contribution in [0.3, 0.4) is 0 Å². The van der Waals surface area contributed by atoms with E-state index in [1.165, 1.54) is 11.0 Å². The third kappa shape index (κ3) is 5.04. The van der Waals surface area contributed by atoms with Crippen molar-refractivity contribution in [2.24, 2.45) is 14.1 Å². The highest BCUT2D eigenvalue weighted by molar-refractivity contribution is 6.10. The van der Waals surface area contributed by atoms with Crippen molar-refractivity contribution in [3.05, 3.63) is 59.0 Å². The number of pyridine rings is 1. The van der Waals surface area contributed by atoms with E-state index in [4.69, 9.17) is 4.74 Å². The highest BCUT2D eigenvalue weighted by Crippen LogP contribution is 2.41. The number of aromatic nitrogens is 6. The number of amides is 1. The Morgan fingerprint density at radius 3 is 2.55 bits per heavy atom. The summed E-state index contributed by atoms with van der Waals surface area (Å²) in [5, 5.41) is 15.7. The zero-order chi connectivity index (χ0) is 28.8. The summed E-state index contributed by atoms with van der Waals surface area (Å²) in [5.41, 5.74) is 1.40. The van der Waals surface area contributed by atoms with Crippen LogP contribution in [0.25, 0.3) is 22.6 Å². The number of nitrogens with zero attached hydrogens (tertiary/aromatic N) is 7. The Morgan fingerprint density at radius 2 is 1.90 bits per heavy atom. The van der Waals surface area contributed by atoms with Crippen molar-refractivity contribution >= 4 is 17.5 Å². The number of hydrogen-bond acceptors (Lipinski definition) is 7. The molecule has 10 nitrogen and oxygen atoms in total. The number of alkyl halides is 3. The van der Waals surface area contributed by atoms with Crippen LogP contribution in [0, 0.1) is 0 Å². The van der Waals surface area contributed by atoms with Crippen LogP contribution in [0.2, 0.25) is 0 Å². The summed E-state index contributed by atoms with van der Waals surface area (Å²) in [4.78, 5) is 19.5. The van der Waals surface area contributed by atoms with Crippen LogP contribution >= 0.6 is 0 Å². The fourth-order valence-corrected chi connectivity index (χ4v) is 4.79. The summed E-state index contributed by atoms with van der Waals surface area (Å²) in [6, 6.07) is 6.03. The average Bonchev–Trinajstić information content (AvgIpc) is 3.58. The topological polar surface area (TPSA) is 103 Å². The van der Waals surface area contributed by atoms with Gasteiger partial charge in [-0.15, -0.1) is 10.2 Å². The third-order valence-corrected chi connectivity index (χ3v) is 6.60. The molecular weight excluding hydrogens is 525 g/mol. The van der Waals surface area contributed by atoms with E-state index in [2.05, 4.69) is 25.6 Å². The van der Waals surface area contributed by atoms with E-state index >= 15 is 0 Å². The van der Waals surface area contributed by atoms with E-state index in [0.29, 0.717) is 35.0 Å². The van der Waals surface area contributed by atoms with Crippen molar-refractivity contribution in [1.29, 1.82) is 0 Å². The van der Waals surface area contributed by atoms with Gasteiger partial charge in [-0.25, -0.2) is 4.98 Å². The van der Waals surface area contributed by atoms with E-state index in [1.807, 2.05) is 14.0 Å². The van der Waals surface area contributed by atoms with Crippen LogP contribution in [0.15, 0.2) is 36.8 Å². The Bertz CT molecular complexity index is 1570. The molecule has 0 saturated heterocycles. The van der Waals surface area contributed by atoms with Crippen molar-refractivity contribution in [1.82, 2.24) is 29.5 Å². The minimum absolute atomic E-state index is 0.00491. The van der Waals surface area contributed by atoms with Gasteiger partial charge in [-0.05, 0) is 56.2 Å². The molecule has 0 saturated carbocycles. The van der Waals surface area contributed by atoms with Gasteiger partial charge in [0.2, 0.25) is 0 Å². The van der Waals surface area contributed by atoms with Gasteiger partial charge in [0.25, 0.3) is 5.91 Å². The average molecular weight is 555 g/mol. The number of nitrogens with one attached hydrogen (secondary N) is 1. The molecule has 0 radical (unpaired) electrons. The molecule has 5 rings (SSSR count). The molecule has 40 heavy (non-hydrogen) atoms. The summed E-state index contributed by atoms with van der Waals surface area (Å²) in [5.74, 6) is 0.707. The lowest BCUT2D eigenvalue weighted by Gasteiger charge is -2.18. The first-order valence-electron chi connectivity index (χ1n) is 12.8. The van der Waals surface area contributed by atoms with E-state index in [-0.39, 0.29) is 41.8 Å². The maximum absolute atomic E-state index is 14.1. The summed E-state index contributed by atoms with van der Waals surface area (Å²) < 4.78 is 51.3. The minimum Gasteiger partial charge on any atom is -0.374 e. The maximum atomic E-state index is 14.1. The van der Waals surface area contributed by atoms with E-state index in [1.54, 1.807) is 54.8 Å². The first-order valence-corrected chi connectivity index (χ1v) is 12.8. The molecule has 0 unspecified atom stereocenters. The minimum atomic E-state index is -4.64. The van der Waals surface area contributed by atoms with Crippen LogP contribution in [-0.4, -0.2) is 48.1 Å². The first kappa shape index (κ1) is 27.3. The van der Waals surface area contributed by atoms with Crippen molar-refractivity contribution in [2.45, 2.75) is 46.2 Å². The molecule has 13 heteroatoms. The lowest BCUT2D eigenvalue weighted by Crippen LogP contribution is -2.24. The van der Waals surface area contributed by atoms with Crippen molar-refractivity contribution in [3.8, 4) is 22.6 Å². The quantitative estimate of drug-likeness (QED) is 0.333. The van der Waals surface area contributed by atoms with Gasteiger partial charge >= 0.3 is 6.18 Å². The number of aryl methyl sites for hydroxylation is 2. The van der Waals surface area contributed by atoms with E-state index in [9.17, 15) is 18.0 Å². The number of carbonyl (C=O) groups is 1. The van der Waals surface area contributed by atoms with Crippen LogP contribution in [-0.2, 0) is 38.2 Å². The summed E-state index contributed by atoms with van der Waals surface area (Å²) >= 11 is 0. The molecule has 3 aromatic heterocycles. The number of anilines is 2. The maximum Gasteiger partial charge on any atom is 0.416 e. The second kappa shape index (κ2) is 10.4. The zero-order valence-corrected chi connectivity index (χ0v) is 22.7. The first-order chi connectivity index (χ1) is 19.0. The Balaban J connectivity index is 1.61. The van der Waals surface area contributed by atoms with E-state index in [0.717, 1.165) is 6.07 Å². The largest absolute Gasteiger partial charge is 0.416 e. The lowest BCUT2D eigenvalue weighted by atomic mass is 9.99. The number of hydrogen-bond donors (Lipinski definition) is 1. The van der Waals surface area contributed by atoms with Gasteiger partial charge < -0.3 is 14.6 Å². The fourth-order valence-electron chi connectivity index (χ4n) is 4.79. The number of halogens is 3. The molecule has 1 aliphatic heterocycles. The molecular formula is C27H29F3N8O2. The third-order valence-electron chi connectivity index (χ3n) is 6.60. The van der Waals surface area contributed by atoms with Gasteiger partial charge in [0.15, 0.2) is 5.82 Å². The molecule has 0 atom stereocenters. The van der Waals surface area contributed by atoms with Gasteiger partial charge in [0.05, 0.1) is 42.3 Å². The SMILES string of the molecule is CCNc1cc(-c2c(-c3nncn3C)cnn2C)cc(N2Cc3c(cc(COC(C)C)cc3C(F)(F)F)C2=O)n1. The van der Waals surface area contributed by atoms with Crippen LogP contribution in [0.4, 0.5) is 24.8 Å². The summed E-state index contributed by atoms with van der Waals surface area (Å²) in [7, 11) is 3.59. The molecule has 1 aromatic carbocycles. The Hall–Kier alpha value is -4.26. The number of rotatable bonds is 8. The molecule has 0 aliphatic carbocycles. The van der Waals surface area contributed by atoms with E-state index < -0.39 is 17.6 Å². The molecule has 4 aromatic rings. The second-order valence-electron chi connectivity index (χ2n) is 9.84. The van der Waals surface area contributed by atoms with Gasteiger partial charge in [-0.1, -0.05) is 0 Å². The summed E-state index contributed by atoms with van der Waals surface area (Å²) in [6.45, 7) is 5.73. The predicted octanol–water partition coefficient (Wildman–Crippen LogP) is 4.81. The molecule has 0 spiro atoms. The summed E-state index contributed by atoms with van der Waals surface area (Å²) in [6.07, 6.45) is -1.57. The van der Waals surface area contributed by atoms with Crippen molar-refractivity contribution in [3.63, 3.8) is 0 Å². The normalized spacial score (nSPS) is 13.4. The van der Waals surface area contributed by atoms with Crippen molar-refractivity contribution in [2.75, 3.05) is 16.8 Å². The fraction of sp³-hybridized carbons (Fsp3) is 0.370. The molecule has 1 N–H and O–H groups in total. The molecule has 210 valence electrons. The highest BCUT2D eigenvalue weighted by Gasteiger charge is 2.41. The Kier molecular flexibility index (Phi) is 7.08. The molecule has 0 bridgehead atoms. The standard InChI is InChI=1S/C27H29F3N8O2/c1-6-31-22-9-17(24-19(11-33-37(24)5)25-35-32-14-36(25)4)10-23(34-22)38-12-20-18(26(38)39)7-16(13-40-15(2)3)8-21(20)27(28,29)30/h7-11,14-15H,6,12-13H2,1-5H3,(H,31,34). The zero-order valence-electron chi connectivity index (χ0n) is 22.7. The van der Waals surface area contributed by atoms with Crippen LogP contribution in [0.1, 0.15) is 47.8 Å². The smallest absolute Gasteiger partial charge is 0.374 e. The number of carbonyl (C=O) groups excluding carboxylic acids is 1. The molecule has 4 heterocycles. The van der Waals surface area contributed by atoms with Gasteiger partial charge in [-0.2, -0.15) is 18.3 Å². The lowest BCUT2D eigenvalue weighted by molar-refractivity contribution is -0.138. The molecule has 1 aliphatic rings. The molecule has 0 fully saturated rings. The van der Waals surface area contributed by atoms with Gasteiger partial charge in [-0.3, -0.25) is 14.4 Å². The Morgan fingerprint density at radius 1 is 1.12 bits per heavy atom. The van der Waals surface area contributed by atoms with Crippen molar-refractivity contribution < 1.29 is 22.7 Å². The van der Waals surface area contributed by atoms with Gasteiger partial charge in [0.1, 0.15) is 18.0 Å². The Labute approximate surface area is 228 Å². The number of benzene rings is 1.